The third-order valence-corrected chi connectivity index (χ3v) is 4.15. The van der Waals surface area contributed by atoms with Gasteiger partial charge in [0.15, 0.2) is 17.7 Å². The largest absolute Gasteiger partial charge is 0.388 e. The summed E-state index contributed by atoms with van der Waals surface area (Å²) in [6.45, 7) is 2.25. The van der Waals surface area contributed by atoms with Gasteiger partial charge in [-0.05, 0) is 6.42 Å². The molecule has 3 heterocycles. The number of ether oxygens (including phenoxy) is 1. The van der Waals surface area contributed by atoms with Crippen LogP contribution in [0.4, 0.5) is 5.82 Å². The van der Waals surface area contributed by atoms with E-state index >= 15 is 0 Å². The Kier molecular flexibility index (Phi) is 4.74. The molecule has 0 bridgehead atoms. The van der Waals surface area contributed by atoms with Crippen LogP contribution in [0.15, 0.2) is 6.33 Å². The van der Waals surface area contributed by atoms with E-state index in [1.807, 2.05) is 0 Å². The zero-order valence-electron chi connectivity index (χ0n) is 13.2. The van der Waals surface area contributed by atoms with Gasteiger partial charge < -0.3 is 20.7 Å². The second kappa shape index (κ2) is 6.77. The Bertz CT molecular complexity index is 674. The predicted molar refractivity (Wildman–Crippen MR) is 84.6 cm³/mol. The van der Waals surface area contributed by atoms with Crippen LogP contribution in [0.5, 0.6) is 0 Å². The first-order valence-corrected chi connectivity index (χ1v) is 8.08. The number of imidazole rings is 1. The van der Waals surface area contributed by atoms with E-state index in [2.05, 4.69) is 21.9 Å². The molecule has 23 heavy (non-hydrogen) atoms. The van der Waals surface area contributed by atoms with Crippen LogP contribution in [0.1, 0.15) is 44.7 Å². The van der Waals surface area contributed by atoms with Crippen LogP contribution in [0.3, 0.4) is 0 Å². The van der Waals surface area contributed by atoms with Gasteiger partial charge in [-0.15, -0.1) is 0 Å². The number of anilines is 1. The molecule has 126 valence electrons. The van der Waals surface area contributed by atoms with Crippen molar-refractivity contribution in [1.29, 1.82) is 0 Å². The minimum Gasteiger partial charge on any atom is -0.388 e. The molecule has 3 atom stereocenters. The average Bonchev–Trinajstić information content (AvgIpc) is 3.09. The van der Waals surface area contributed by atoms with Crippen molar-refractivity contribution in [2.75, 3.05) is 12.3 Å². The van der Waals surface area contributed by atoms with Crippen molar-refractivity contribution in [2.45, 2.75) is 57.5 Å². The molecule has 0 radical (unpaired) electrons. The van der Waals surface area contributed by atoms with Crippen LogP contribution >= 0.6 is 0 Å². The van der Waals surface area contributed by atoms with Crippen LogP contribution in [0, 0.1) is 0 Å². The van der Waals surface area contributed by atoms with E-state index in [1.165, 1.54) is 19.2 Å². The number of nitrogens with zero attached hydrogens (tertiary/aromatic N) is 4. The number of aliphatic hydroxyl groups excluding tert-OH is 2. The van der Waals surface area contributed by atoms with Crippen molar-refractivity contribution in [1.82, 2.24) is 19.5 Å². The number of nitrogen functional groups attached to an aromatic ring is 1. The molecule has 4 N–H and O–H groups in total. The second-order valence-corrected chi connectivity index (χ2v) is 5.94. The van der Waals surface area contributed by atoms with Gasteiger partial charge in [0.25, 0.3) is 0 Å². The summed E-state index contributed by atoms with van der Waals surface area (Å²) in [4.78, 5) is 13.1. The lowest BCUT2D eigenvalue weighted by Gasteiger charge is -2.16. The van der Waals surface area contributed by atoms with E-state index in [0.717, 1.165) is 19.3 Å². The molecule has 0 aromatic carbocycles. The first-order chi connectivity index (χ1) is 11.1. The Morgan fingerprint density at radius 3 is 2.83 bits per heavy atom. The number of nitrogens with two attached hydrogens (primary N) is 1. The fourth-order valence-electron chi connectivity index (χ4n) is 2.82. The van der Waals surface area contributed by atoms with Crippen molar-refractivity contribution < 1.29 is 14.9 Å². The van der Waals surface area contributed by atoms with Crippen LogP contribution in [-0.2, 0) is 11.2 Å². The van der Waals surface area contributed by atoms with Crippen molar-refractivity contribution in [3.8, 4) is 0 Å². The number of aliphatic hydroxyl groups is 2. The highest BCUT2D eigenvalue weighted by Gasteiger charge is 2.37. The Morgan fingerprint density at radius 2 is 2.13 bits per heavy atom. The molecule has 1 saturated heterocycles. The number of rotatable bonds is 6. The predicted octanol–water partition coefficient (Wildman–Crippen LogP) is 0.782. The third-order valence-electron chi connectivity index (χ3n) is 4.15. The maximum absolute atomic E-state index is 10.0. The number of aryl methyl sites for hydroxylation is 1. The molecule has 2 aromatic heterocycles. The first-order valence-electron chi connectivity index (χ1n) is 8.08. The molecule has 8 heteroatoms. The summed E-state index contributed by atoms with van der Waals surface area (Å²) in [7, 11) is 0. The number of hydrogen-bond acceptors (Lipinski definition) is 7. The van der Waals surface area contributed by atoms with E-state index in [0.29, 0.717) is 22.8 Å². The Labute approximate surface area is 134 Å². The second-order valence-electron chi connectivity index (χ2n) is 5.94. The molecule has 0 aliphatic carbocycles. The Morgan fingerprint density at radius 1 is 1.30 bits per heavy atom. The topological polar surface area (TPSA) is 119 Å². The first kappa shape index (κ1) is 16.1. The summed E-state index contributed by atoms with van der Waals surface area (Å²) in [6.07, 6.45) is 4.13. The van der Waals surface area contributed by atoms with Crippen molar-refractivity contribution in [3.05, 3.63) is 12.2 Å². The van der Waals surface area contributed by atoms with Gasteiger partial charge in [0, 0.05) is 6.42 Å². The van der Waals surface area contributed by atoms with E-state index in [-0.39, 0.29) is 6.61 Å². The molecule has 1 aliphatic rings. The van der Waals surface area contributed by atoms with E-state index in [9.17, 15) is 10.2 Å². The lowest BCUT2D eigenvalue weighted by atomic mass is 10.1. The van der Waals surface area contributed by atoms with Gasteiger partial charge in [0.2, 0.25) is 0 Å². The van der Waals surface area contributed by atoms with Gasteiger partial charge in [-0.1, -0.05) is 26.2 Å². The minimum atomic E-state index is -1.02. The van der Waals surface area contributed by atoms with Crippen LogP contribution in [0.25, 0.3) is 11.2 Å². The summed E-state index contributed by atoms with van der Waals surface area (Å²) in [5, 5.41) is 19.7. The maximum atomic E-state index is 10.0. The fraction of sp³-hybridized carbons (Fsp3) is 0.667. The Balaban J connectivity index is 1.87. The highest BCUT2D eigenvalue weighted by atomic mass is 16.5. The zero-order chi connectivity index (χ0) is 16.4. The average molecular weight is 321 g/mol. The highest BCUT2D eigenvalue weighted by Crippen LogP contribution is 2.28. The quantitative estimate of drug-likeness (QED) is 0.673. The molecule has 1 aliphatic heterocycles. The van der Waals surface area contributed by atoms with Gasteiger partial charge >= 0.3 is 0 Å². The van der Waals surface area contributed by atoms with Gasteiger partial charge in [-0.3, -0.25) is 4.57 Å². The van der Waals surface area contributed by atoms with E-state index in [1.54, 1.807) is 4.57 Å². The van der Waals surface area contributed by atoms with Crippen molar-refractivity contribution in [3.63, 3.8) is 0 Å². The molecular formula is C15H23N5O3. The number of unbranched alkanes of at least 4 members (excludes halogenated alkanes) is 3. The van der Waals surface area contributed by atoms with Crippen molar-refractivity contribution >= 4 is 17.0 Å². The maximum Gasteiger partial charge on any atom is 0.167 e. The Hall–Kier alpha value is -1.77. The lowest BCUT2D eigenvalue weighted by molar-refractivity contribution is -0.0163. The fourth-order valence-corrected chi connectivity index (χ4v) is 2.82. The number of fused-ring (bicyclic) bond motifs is 1. The van der Waals surface area contributed by atoms with Gasteiger partial charge in [0.05, 0.1) is 12.9 Å². The summed E-state index contributed by atoms with van der Waals surface area (Å²) >= 11 is 0. The molecule has 0 saturated carbocycles. The molecule has 0 spiro atoms. The van der Waals surface area contributed by atoms with Gasteiger partial charge in [0.1, 0.15) is 23.5 Å². The molecule has 2 aromatic rings. The van der Waals surface area contributed by atoms with Gasteiger partial charge in [-0.2, -0.15) is 0 Å². The van der Waals surface area contributed by atoms with Crippen LogP contribution in [-0.4, -0.2) is 48.5 Å². The van der Waals surface area contributed by atoms with E-state index < -0.39 is 18.4 Å². The molecule has 8 nitrogen and oxygen atoms in total. The van der Waals surface area contributed by atoms with Crippen LogP contribution in [0.2, 0.25) is 0 Å². The summed E-state index contributed by atoms with van der Waals surface area (Å²) in [6, 6.07) is 0. The third kappa shape index (κ3) is 3.15. The SMILES string of the molecule is CCCCCCc1nc(N)c2ncn([C@@H]3OC[C@H](O)[C@@H]3O)c2n1. The minimum absolute atomic E-state index is 0.0793. The highest BCUT2D eigenvalue weighted by molar-refractivity contribution is 5.81. The molecule has 1 fully saturated rings. The number of aromatic nitrogens is 4. The molecule has 3 rings (SSSR count). The summed E-state index contributed by atoms with van der Waals surface area (Å²) in [5.41, 5.74) is 7.00. The summed E-state index contributed by atoms with van der Waals surface area (Å²) < 4.78 is 7.06. The van der Waals surface area contributed by atoms with Crippen molar-refractivity contribution in [2.24, 2.45) is 0 Å². The molecule has 0 amide bonds. The monoisotopic (exact) mass is 321 g/mol. The summed E-state index contributed by atoms with van der Waals surface area (Å²) in [5.74, 6) is 0.994. The zero-order valence-corrected chi connectivity index (χ0v) is 13.2. The number of hydrogen-bond donors (Lipinski definition) is 3. The standard InChI is InChI=1S/C15H23N5O3/c1-2-3-4-5-6-10-18-13(16)11-14(19-10)20(8-17-11)15-12(22)9(21)7-23-15/h8-9,12,15,21-22H,2-7H2,1H3,(H2,16,18,19)/t9-,12-,15+/m0/s1. The molecular weight excluding hydrogens is 298 g/mol. The normalized spacial score (nSPS) is 24.6. The smallest absolute Gasteiger partial charge is 0.167 e. The lowest BCUT2D eigenvalue weighted by Crippen LogP contribution is -2.28. The van der Waals surface area contributed by atoms with Crippen LogP contribution < -0.4 is 5.73 Å². The van der Waals surface area contributed by atoms with Gasteiger partial charge in [-0.25, -0.2) is 15.0 Å². The molecule has 0 unspecified atom stereocenters. The van der Waals surface area contributed by atoms with E-state index in [4.69, 9.17) is 10.5 Å².